The first kappa shape index (κ1) is 21.5. The van der Waals surface area contributed by atoms with Crippen molar-refractivity contribution in [2.45, 2.75) is 12.8 Å². The van der Waals surface area contributed by atoms with Crippen LogP contribution in [-0.4, -0.2) is 44.5 Å². The topological polar surface area (TPSA) is 124 Å². The Hall–Kier alpha value is -3.72. The van der Waals surface area contributed by atoms with Crippen LogP contribution in [0.2, 0.25) is 5.02 Å². The lowest BCUT2D eigenvalue weighted by molar-refractivity contribution is -0.384. The van der Waals surface area contributed by atoms with Gasteiger partial charge >= 0.3 is 0 Å². The molecule has 9 nitrogen and oxygen atoms in total. The molecule has 164 valence electrons. The molecule has 2 amide bonds. The number of aromatic nitrogens is 2. The third kappa shape index (κ3) is 4.33. The van der Waals surface area contributed by atoms with Gasteiger partial charge in [-0.3, -0.25) is 19.7 Å². The Labute approximate surface area is 188 Å². The maximum Gasteiger partial charge on any atom is 0.272 e. The lowest BCUT2D eigenvalue weighted by atomic mass is 9.96. The molecule has 1 saturated heterocycles. The summed E-state index contributed by atoms with van der Waals surface area (Å²) in [5, 5.41) is 16.0. The lowest BCUT2D eigenvalue weighted by Gasteiger charge is -2.30. The Kier molecular flexibility index (Phi) is 5.91. The second kappa shape index (κ2) is 8.80. The Morgan fingerprint density at radius 2 is 1.78 bits per heavy atom. The SMILES string of the molecule is NC(=O)C1CCN(C(=O)c2cc(-c3ccc([N+](=O)[O-])cc3)nn2-c2cccc(Cl)c2)CC1. The van der Waals surface area contributed by atoms with E-state index in [0.717, 1.165) is 0 Å². The summed E-state index contributed by atoms with van der Waals surface area (Å²) in [4.78, 5) is 37.0. The summed E-state index contributed by atoms with van der Waals surface area (Å²) in [6.07, 6.45) is 1.03. The summed E-state index contributed by atoms with van der Waals surface area (Å²) in [5.41, 5.74) is 7.45. The summed E-state index contributed by atoms with van der Waals surface area (Å²) in [6.45, 7) is 0.833. The van der Waals surface area contributed by atoms with Crippen LogP contribution in [0.5, 0.6) is 0 Å². The Balaban J connectivity index is 1.71. The molecular weight excluding hydrogens is 434 g/mol. The maximum absolute atomic E-state index is 13.4. The van der Waals surface area contributed by atoms with Crippen molar-refractivity contribution in [3.05, 3.63) is 75.4 Å². The highest BCUT2D eigenvalue weighted by molar-refractivity contribution is 6.30. The van der Waals surface area contributed by atoms with E-state index >= 15 is 0 Å². The van der Waals surface area contributed by atoms with E-state index in [1.165, 1.54) is 16.8 Å². The minimum absolute atomic E-state index is 0.0309. The van der Waals surface area contributed by atoms with Gasteiger partial charge in [0, 0.05) is 41.7 Å². The number of piperidine rings is 1. The number of nitrogens with two attached hydrogens (primary N) is 1. The number of carbonyl (C=O) groups is 2. The molecule has 0 bridgehead atoms. The van der Waals surface area contributed by atoms with Crippen LogP contribution < -0.4 is 5.73 Å². The molecule has 4 rings (SSSR count). The molecule has 1 aromatic heterocycles. The standard InChI is InChI=1S/C22H20ClN5O4/c23-16-2-1-3-18(12-16)27-20(22(30)26-10-8-15(9-11-26)21(24)29)13-19(25-27)14-4-6-17(7-5-14)28(31)32/h1-7,12-13,15H,8-11H2,(H2,24,29). The number of amides is 2. The molecule has 3 aromatic rings. The van der Waals surface area contributed by atoms with E-state index in [9.17, 15) is 19.7 Å². The number of nitro groups is 1. The fraction of sp³-hybridized carbons (Fsp3) is 0.227. The molecule has 0 spiro atoms. The van der Waals surface area contributed by atoms with Gasteiger partial charge in [-0.05, 0) is 49.2 Å². The number of halogens is 1. The van der Waals surface area contributed by atoms with Crippen molar-refractivity contribution in [2.75, 3.05) is 13.1 Å². The zero-order valence-electron chi connectivity index (χ0n) is 17.0. The van der Waals surface area contributed by atoms with Gasteiger partial charge in [0.25, 0.3) is 11.6 Å². The molecule has 32 heavy (non-hydrogen) atoms. The summed E-state index contributed by atoms with van der Waals surface area (Å²) in [6, 6.07) is 14.6. The summed E-state index contributed by atoms with van der Waals surface area (Å²) in [7, 11) is 0. The zero-order chi connectivity index (χ0) is 22.8. The van der Waals surface area contributed by atoms with Crippen LogP contribution in [-0.2, 0) is 4.79 Å². The van der Waals surface area contributed by atoms with E-state index in [-0.39, 0.29) is 23.4 Å². The predicted molar refractivity (Wildman–Crippen MR) is 118 cm³/mol. The molecule has 1 aliphatic heterocycles. The molecule has 1 aliphatic rings. The Morgan fingerprint density at radius 3 is 2.38 bits per heavy atom. The fourth-order valence-corrected chi connectivity index (χ4v) is 3.95. The Morgan fingerprint density at radius 1 is 1.09 bits per heavy atom. The highest BCUT2D eigenvalue weighted by Crippen LogP contribution is 2.27. The van der Waals surface area contributed by atoms with Gasteiger partial charge in [0.1, 0.15) is 5.69 Å². The summed E-state index contributed by atoms with van der Waals surface area (Å²) in [5.74, 6) is -0.803. The van der Waals surface area contributed by atoms with Crippen LogP contribution in [0.3, 0.4) is 0 Å². The largest absolute Gasteiger partial charge is 0.369 e. The monoisotopic (exact) mass is 453 g/mol. The van der Waals surface area contributed by atoms with E-state index in [4.69, 9.17) is 17.3 Å². The van der Waals surface area contributed by atoms with Crippen LogP contribution >= 0.6 is 11.6 Å². The van der Waals surface area contributed by atoms with Gasteiger partial charge in [0.15, 0.2) is 0 Å². The number of rotatable bonds is 5. The van der Waals surface area contributed by atoms with Gasteiger partial charge < -0.3 is 10.6 Å². The number of nitro benzene ring substituents is 1. The van der Waals surface area contributed by atoms with Crippen molar-refractivity contribution in [1.29, 1.82) is 0 Å². The number of nitrogens with zero attached hydrogens (tertiary/aromatic N) is 4. The van der Waals surface area contributed by atoms with Gasteiger partial charge in [-0.15, -0.1) is 0 Å². The van der Waals surface area contributed by atoms with Crippen LogP contribution in [0, 0.1) is 16.0 Å². The number of non-ortho nitro benzene ring substituents is 1. The van der Waals surface area contributed by atoms with Crippen molar-refractivity contribution >= 4 is 29.1 Å². The van der Waals surface area contributed by atoms with Gasteiger partial charge in [-0.1, -0.05) is 17.7 Å². The van der Waals surface area contributed by atoms with Gasteiger partial charge in [-0.25, -0.2) is 4.68 Å². The third-order valence-corrected chi connectivity index (χ3v) is 5.77. The third-order valence-electron chi connectivity index (χ3n) is 5.54. The van der Waals surface area contributed by atoms with E-state index in [1.807, 2.05) is 0 Å². The fourth-order valence-electron chi connectivity index (χ4n) is 3.76. The molecule has 2 aromatic carbocycles. The predicted octanol–water partition coefficient (Wildman–Crippen LogP) is 3.44. The molecule has 0 unspecified atom stereocenters. The quantitative estimate of drug-likeness (QED) is 0.468. The highest BCUT2D eigenvalue weighted by atomic mass is 35.5. The average Bonchev–Trinajstić information content (AvgIpc) is 3.24. The second-order valence-corrected chi connectivity index (χ2v) is 8.02. The molecule has 2 heterocycles. The second-order valence-electron chi connectivity index (χ2n) is 7.58. The van der Waals surface area contributed by atoms with E-state index in [2.05, 4.69) is 5.10 Å². The van der Waals surface area contributed by atoms with Crippen molar-refractivity contribution < 1.29 is 14.5 Å². The van der Waals surface area contributed by atoms with Crippen LogP contribution in [0.1, 0.15) is 23.3 Å². The normalized spacial score (nSPS) is 14.3. The molecule has 0 atom stereocenters. The number of carbonyl (C=O) groups excluding carboxylic acids is 2. The van der Waals surface area contributed by atoms with Crippen LogP contribution in [0.4, 0.5) is 5.69 Å². The maximum atomic E-state index is 13.4. The molecule has 0 aliphatic carbocycles. The summed E-state index contributed by atoms with van der Waals surface area (Å²) >= 11 is 6.15. The smallest absolute Gasteiger partial charge is 0.272 e. The van der Waals surface area contributed by atoms with Crippen molar-refractivity contribution in [2.24, 2.45) is 11.7 Å². The molecule has 10 heteroatoms. The number of primary amides is 1. The van der Waals surface area contributed by atoms with E-state index in [0.29, 0.717) is 53.6 Å². The average molecular weight is 454 g/mol. The number of likely N-dealkylation sites (tertiary alicyclic amines) is 1. The van der Waals surface area contributed by atoms with E-state index in [1.54, 1.807) is 47.4 Å². The van der Waals surface area contributed by atoms with Crippen molar-refractivity contribution in [1.82, 2.24) is 14.7 Å². The number of hydrogen-bond acceptors (Lipinski definition) is 5. The molecule has 2 N–H and O–H groups in total. The number of benzene rings is 2. The van der Waals surface area contributed by atoms with Crippen LogP contribution in [0.15, 0.2) is 54.6 Å². The van der Waals surface area contributed by atoms with E-state index < -0.39 is 4.92 Å². The minimum atomic E-state index is -0.473. The first-order chi connectivity index (χ1) is 15.3. The lowest BCUT2D eigenvalue weighted by Crippen LogP contribution is -2.42. The molecule has 1 fully saturated rings. The molecular formula is C22H20ClN5O4. The molecule has 0 radical (unpaired) electrons. The van der Waals surface area contributed by atoms with Crippen LogP contribution in [0.25, 0.3) is 16.9 Å². The first-order valence-corrected chi connectivity index (χ1v) is 10.4. The minimum Gasteiger partial charge on any atom is -0.369 e. The van der Waals surface area contributed by atoms with Gasteiger partial charge in [0.05, 0.1) is 16.3 Å². The van der Waals surface area contributed by atoms with Crippen molar-refractivity contribution in [3.8, 4) is 16.9 Å². The molecule has 0 saturated carbocycles. The Bertz CT molecular complexity index is 1180. The number of hydrogen-bond donors (Lipinski definition) is 1. The first-order valence-electron chi connectivity index (χ1n) is 10.0. The highest BCUT2D eigenvalue weighted by Gasteiger charge is 2.29. The zero-order valence-corrected chi connectivity index (χ0v) is 17.7. The van der Waals surface area contributed by atoms with Crippen molar-refractivity contribution in [3.63, 3.8) is 0 Å². The summed E-state index contributed by atoms with van der Waals surface area (Å²) < 4.78 is 1.52. The van der Waals surface area contributed by atoms with Gasteiger partial charge in [0.2, 0.25) is 5.91 Å². The van der Waals surface area contributed by atoms with Gasteiger partial charge in [-0.2, -0.15) is 5.10 Å².